The van der Waals surface area contributed by atoms with Crippen LogP contribution in [0.2, 0.25) is 0 Å². The van der Waals surface area contributed by atoms with Crippen LogP contribution in [-0.2, 0) is 0 Å². The maximum atomic E-state index is 12.1. The van der Waals surface area contributed by atoms with Gasteiger partial charge in [0.15, 0.2) is 0 Å². The summed E-state index contributed by atoms with van der Waals surface area (Å²) in [7, 11) is 0. The fourth-order valence-corrected chi connectivity index (χ4v) is 1.28. The molecule has 0 aliphatic carbocycles. The van der Waals surface area contributed by atoms with Crippen molar-refractivity contribution in [1.82, 2.24) is 10.2 Å². The van der Waals surface area contributed by atoms with Gasteiger partial charge in [0.05, 0.1) is 6.04 Å². The minimum Gasteiger partial charge on any atom is -0.314 e. The monoisotopic (exact) mass is 164 g/mol. The lowest BCUT2D eigenvalue weighted by atomic mass is 10.2. The predicted octanol–water partition coefficient (Wildman–Crippen LogP) is 0.199. The Morgan fingerprint density at radius 2 is 1.73 bits per heavy atom. The molecule has 0 amide bonds. The molecule has 66 valence electrons. The number of piperazine rings is 1. The zero-order valence-corrected chi connectivity index (χ0v) is 6.52. The van der Waals surface area contributed by atoms with Gasteiger partial charge in [-0.05, 0) is 0 Å². The first-order chi connectivity index (χ1) is 5.38. The number of alkyl halides is 2. The Hall–Kier alpha value is -0.220. The highest BCUT2D eigenvalue weighted by Crippen LogP contribution is 2.02. The first-order valence-electron chi connectivity index (χ1n) is 3.95. The quantitative estimate of drug-likeness (QED) is 0.641. The van der Waals surface area contributed by atoms with Crippen molar-refractivity contribution in [2.24, 2.45) is 0 Å². The van der Waals surface area contributed by atoms with E-state index in [1.807, 2.05) is 4.90 Å². The minimum atomic E-state index is -0.573. The smallest absolute Gasteiger partial charge is 0.107 e. The van der Waals surface area contributed by atoms with Crippen LogP contribution >= 0.6 is 0 Å². The van der Waals surface area contributed by atoms with Crippen LogP contribution in [0, 0.1) is 0 Å². The Kier molecular flexibility index (Phi) is 3.72. The zero-order chi connectivity index (χ0) is 8.10. The lowest BCUT2D eigenvalue weighted by Gasteiger charge is -2.31. The van der Waals surface area contributed by atoms with Crippen molar-refractivity contribution in [1.29, 1.82) is 0 Å². The summed E-state index contributed by atoms with van der Waals surface area (Å²) in [6.07, 6.45) is 0. The highest BCUT2D eigenvalue weighted by molar-refractivity contribution is 4.75. The lowest BCUT2D eigenvalue weighted by Crippen LogP contribution is -2.50. The van der Waals surface area contributed by atoms with Crippen LogP contribution in [0.3, 0.4) is 0 Å². The largest absolute Gasteiger partial charge is 0.314 e. The molecular formula is C7H14F2N2. The standard InChI is InChI=1S/C7H14F2N2/c8-5-7(6-9)11-3-1-10-2-4-11/h7,10H,1-6H2. The Balaban J connectivity index is 2.30. The summed E-state index contributed by atoms with van der Waals surface area (Å²) in [4.78, 5) is 1.86. The SMILES string of the molecule is FCC(CF)N1CCNCC1. The van der Waals surface area contributed by atoms with Crippen LogP contribution in [0.25, 0.3) is 0 Å². The molecule has 0 spiro atoms. The number of hydrogen-bond donors (Lipinski definition) is 1. The Morgan fingerprint density at radius 1 is 1.18 bits per heavy atom. The Morgan fingerprint density at radius 3 is 2.18 bits per heavy atom. The lowest BCUT2D eigenvalue weighted by molar-refractivity contribution is 0.124. The molecular weight excluding hydrogens is 150 g/mol. The topological polar surface area (TPSA) is 15.3 Å². The van der Waals surface area contributed by atoms with Gasteiger partial charge in [-0.1, -0.05) is 0 Å². The van der Waals surface area contributed by atoms with E-state index >= 15 is 0 Å². The van der Waals surface area contributed by atoms with Crippen molar-refractivity contribution in [3.8, 4) is 0 Å². The second-order valence-electron chi connectivity index (χ2n) is 2.75. The average molecular weight is 164 g/mol. The number of hydrogen-bond acceptors (Lipinski definition) is 2. The summed E-state index contributed by atoms with van der Waals surface area (Å²) in [6, 6.07) is -0.503. The number of nitrogens with zero attached hydrogens (tertiary/aromatic N) is 1. The first-order valence-corrected chi connectivity index (χ1v) is 3.95. The molecule has 1 N–H and O–H groups in total. The maximum Gasteiger partial charge on any atom is 0.107 e. The van der Waals surface area contributed by atoms with Gasteiger partial charge >= 0.3 is 0 Å². The van der Waals surface area contributed by atoms with E-state index in [0.29, 0.717) is 0 Å². The van der Waals surface area contributed by atoms with Crippen molar-refractivity contribution in [2.45, 2.75) is 6.04 Å². The third-order valence-electron chi connectivity index (χ3n) is 2.02. The van der Waals surface area contributed by atoms with E-state index in [9.17, 15) is 8.78 Å². The van der Waals surface area contributed by atoms with Crippen molar-refractivity contribution in [2.75, 3.05) is 39.5 Å². The molecule has 0 unspecified atom stereocenters. The van der Waals surface area contributed by atoms with Crippen molar-refractivity contribution >= 4 is 0 Å². The fraction of sp³-hybridized carbons (Fsp3) is 1.00. The molecule has 1 aliphatic heterocycles. The van der Waals surface area contributed by atoms with Crippen LogP contribution in [0.5, 0.6) is 0 Å². The predicted molar refractivity (Wildman–Crippen MR) is 40.2 cm³/mol. The molecule has 0 aromatic rings. The molecule has 1 saturated heterocycles. The fourth-order valence-electron chi connectivity index (χ4n) is 1.28. The highest BCUT2D eigenvalue weighted by atomic mass is 19.1. The number of rotatable bonds is 3. The molecule has 0 bridgehead atoms. The summed E-state index contributed by atoms with van der Waals surface area (Å²) >= 11 is 0. The van der Waals surface area contributed by atoms with Crippen molar-refractivity contribution < 1.29 is 8.78 Å². The number of nitrogens with one attached hydrogen (secondary N) is 1. The van der Waals surface area contributed by atoms with Gasteiger partial charge in [0.2, 0.25) is 0 Å². The molecule has 0 radical (unpaired) electrons. The number of halogens is 2. The molecule has 4 heteroatoms. The van der Waals surface area contributed by atoms with E-state index < -0.39 is 19.4 Å². The van der Waals surface area contributed by atoms with E-state index in [4.69, 9.17) is 0 Å². The van der Waals surface area contributed by atoms with Crippen LogP contribution in [-0.4, -0.2) is 50.5 Å². The first kappa shape index (κ1) is 8.87. The molecule has 0 aromatic carbocycles. The summed E-state index contributed by atoms with van der Waals surface area (Å²) in [5, 5.41) is 3.13. The second-order valence-corrected chi connectivity index (χ2v) is 2.75. The summed E-state index contributed by atoms with van der Waals surface area (Å²) < 4.78 is 24.3. The van der Waals surface area contributed by atoms with Crippen molar-refractivity contribution in [3.63, 3.8) is 0 Å². The van der Waals surface area contributed by atoms with Gasteiger partial charge in [-0.3, -0.25) is 4.90 Å². The normalized spacial score (nSPS) is 21.0. The molecule has 11 heavy (non-hydrogen) atoms. The highest BCUT2D eigenvalue weighted by Gasteiger charge is 2.19. The van der Waals surface area contributed by atoms with Crippen LogP contribution in [0.4, 0.5) is 8.78 Å². The molecule has 0 aromatic heterocycles. The average Bonchev–Trinajstić information content (AvgIpc) is 2.09. The molecule has 0 atom stereocenters. The van der Waals surface area contributed by atoms with E-state index in [2.05, 4.69) is 5.32 Å². The van der Waals surface area contributed by atoms with Gasteiger partial charge in [-0.2, -0.15) is 0 Å². The van der Waals surface area contributed by atoms with Crippen LogP contribution in [0.15, 0.2) is 0 Å². The molecule has 1 fully saturated rings. The van der Waals surface area contributed by atoms with E-state index in [1.54, 1.807) is 0 Å². The van der Waals surface area contributed by atoms with Gasteiger partial charge in [0.25, 0.3) is 0 Å². The summed E-state index contributed by atoms with van der Waals surface area (Å²) in [6.45, 7) is 2.07. The molecule has 1 heterocycles. The van der Waals surface area contributed by atoms with Crippen molar-refractivity contribution in [3.05, 3.63) is 0 Å². The molecule has 1 aliphatic rings. The van der Waals surface area contributed by atoms with Gasteiger partial charge in [-0.25, -0.2) is 8.78 Å². The molecule has 1 rings (SSSR count). The Labute approximate surface area is 65.6 Å². The Bertz CT molecular complexity index is 101. The summed E-state index contributed by atoms with van der Waals surface area (Å²) in [5.41, 5.74) is 0. The third-order valence-corrected chi connectivity index (χ3v) is 2.02. The molecule has 0 saturated carbocycles. The van der Waals surface area contributed by atoms with E-state index in [0.717, 1.165) is 26.2 Å². The van der Waals surface area contributed by atoms with Gasteiger partial charge in [0, 0.05) is 26.2 Å². The van der Waals surface area contributed by atoms with Gasteiger partial charge in [0.1, 0.15) is 13.3 Å². The minimum absolute atomic E-state index is 0.503. The van der Waals surface area contributed by atoms with Gasteiger partial charge < -0.3 is 5.32 Å². The third kappa shape index (κ3) is 2.38. The second kappa shape index (κ2) is 4.62. The van der Waals surface area contributed by atoms with Crippen LogP contribution in [0.1, 0.15) is 0 Å². The van der Waals surface area contributed by atoms with E-state index in [1.165, 1.54) is 0 Å². The zero-order valence-electron chi connectivity index (χ0n) is 6.52. The maximum absolute atomic E-state index is 12.1. The molecule has 2 nitrogen and oxygen atoms in total. The summed E-state index contributed by atoms with van der Waals surface area (Å²) in [5.74, 6) is 0. The van der Waals surface area contributed by atoms with Crippen LogP contribution < -0.4 is 5.32 Å². The van der Waals surface area contributed by atoms with Gasteiger partial charge in [-0.15, -0.1) is 0 Å². The van der Waals surface area contributed by atoms with E-state index in [-0.39, 0.29) is 0 Å².